The second-order valence-corrected chi connectivity index (χ2v) is 6.75. The van der Waals surface area contributed by atoms with Crippen molar-refractivity contribution < 1.29 is 9.53 Å². The van der Waals surface area contributed by atoms with Crippen LogP contribution >= 0.6 is 11.8 Å². The fraction of sp³-hybridized carbons (Fsp3) is 0.562. The Morgan fingerprint density at radius 2 is 1.79 bits per heavy atom. The molecule has 2 nitrogen and oxygen atoms in total. The normalized spacial score (nSPS) is 20.2. The largest absolute Gasteiger partial charge is 0.490 e. The Hall–Kier alpha value is -0.960. The fourth-order valence-corrected chi connectivity index (χ4v) is 3.63. The Morgan fingerprint density at radius 3 is 2.42 bits per heavy atom. The lowest BCUT2D eigenvalue weighted by Gasteiger charge is -2.20. The molecule has 0 amide bonds. The van der Waals surface area contributed by atoms with Crippen LogP contribution in [0.25, 0.3) is 0 Å². The summed E-state index contributed by atoms with van der Waals surface area (Å²) in [4.78, 5) is 12.2. The first kappa shape index (κ1) is 13.0. The third-order valence-corrected chi connectivity index (χ3v) is 4.87. The smallest absolute Gasteiger partial charge is 0.163 e. The lowest BCUT2D eigenvalue weighted by Crippen LogP contribution is -2.14. The summed E-state index contributed by atoms with van der Waals surface area (Å²) in [6.45, 7) is 0. The van der Waals surface area contributed by atoms with Crippen molar-refractivity contribution in [3.63, 3.8) is 0 Å². The summed E-state index contributed by atoms with van der Waals surface area (Å²) < 4.78 is 5.70. The number of Topliss-reactive ketones (excluding diaryl/α,β-unsaturated/α-hetero) is 1. The summed E-state index contributed by atoms with van der Waals surface area (Å²) >= 11 is 2.01. The Balaban J connectivity index is 1.55. The maximum atomic E-state index is 12.2. The lowest BCUT2D eigenvalue weighted by atomic mass is 9.93. The second kappa shape index (κ2) is 6.00. The zero-order chi connectivity index (χ0) is 13.1. The first-order valence-corrected chi connectivity index (χ1v) is 8.34. The summed E-state index contributed by atoms with van der Waals surface area (Å²) in [6, 6.07) is 7.69. The van der Waals surface area contributed by atoms with E-state index in [2.05, 4.69) is 0 Å². The molecule has 1 aromatic rings. The zero-order valence-electron chi connectivity index (χ0n) is 11.1. The molecule has 19 heavy (non-hydrogen) atoms. The van der Waals surface area contributed by atoms with Crippen molar-refractivity contribution in [2.75, 3.05) is 11.5 Å². The average Bonchev–Trinajstić information content (AvgIpc) is 3.25. The molecule has 0 aromatic heterocycles. The van der Waals surface area contributed by atoms with E-state index in [4.69, 9.17) is 4.74 Å². The van der Waals surface area contributed by atoms with Crippen LogP contribution in [0.5, 0.6) is 5.75 Å². The average molecular weight is 276 g/mol. The molecule has 0 unspecified atom stereocenters. The topological polar surface area (TPSA) is 26.3 Å². The SMILES string of the molecule is O=C(CC1CCSCC1)c1ccc(OC2CC2)cc1. The van der Waals surface area contributed by atoms with E-state index >= 15 is 0 Å². The Labute approximate surface area is 118 Å². The lowest BCUT2D eigenvalue weighted by molar-refractivity contribution is 0.0958. The van der Waals surface area contributed by atoms with E-state index in [1.807, 2.05) is 36.0 Å². The van der Waals surface area contributed by atoms with Crippen LogP contribution in [0.2, 0.25) is 0 Å². The molecule has 1 saturated carbocycles. The van der Waals surface area contributed by atoms with Crippen LogP contribution in [-0.2, 0) is 0 Å². The van der Waals surface area contributed by atoms with Crippen LogP contribution in [0.4, 0.5) is 0 Å². The van der Waals surface area contributed by atoms with Crippen LogP contribution in [0, 0.1) is 5.92 Å². The van der Waals surface area contributed by atoms with Crippen molar-refractivity contribution in [1.82, 2.24) is 0 Å². The van der Waals surface area contributed by atoms with Gasteiger partial charge < -0.3 is 4.74 Å². The highest BCUT2D eigenvalue weighted by molar-refractivity contribution is 7.99. The van der Waals surface area contributed by atoms with Crippen molar-refractivity contribution in [1.29, 1.82) is 0 Å². The Kier molecular flexibility index (Phi) is 4.12. The third-order valence-electron chi connectivity index (χ3n) is 3.82. The second-order valence-electron chi connectivity index (χ2n) is 5.52. The molecule has 1 heterocycles. The van der Waals surface area contributed by atoms with Gasteiger partial charge in [-0.3, -0.25) is 4.79 Å². The van der Waals surface area contributed by atoms with E-state index in [0.717, 1.165) is 11.3 Å². The fourth-order valence-electron chi connectivity index (χ4n) is 2.43. The molecule has 2 fully saturated rings. The van der Waals surface area contributed by atoms with Gasteiger partial charge in [0.15, 0.2) is 5.78 Å². The van der Waals surface area contributed by atoms with Gasteiger partial charge in [-0.15, -0.1) is 0 Å². The van der Waals surface area contributed by atoms with E-state index in [0.29, 0.717) is 18.4 Å². The maximum Gasteiger partial charge on any atom is 0.163 e. The molecule has 0 N–H and O–H groups in total. The van der Waals surface area contributed by atoms with Crippen LogP contribution in [0.1, 0.15) is 42.5 Å². The standard InChI is InChI=1S/C16H20O2S/c17-16(11-12-7-9-19-10-8-12)13-1-3-14(4-2-13)18-15-5-6-15/h1-4,12,15H,5-11H2. The van der Waals surface area contributed by atoms with Gasteiger partial charge in [-0.25, -0.2) is 0 Å². The Morgan fingerprint density at radius 1 is 1.11 bits per heavy atom. The van der Waals surface area contributed by atoms with E-state index < -0.39 is 0 Å². The molecule has 0 bridgehead atoms. The molecular weight excluding hydrogens is 256 g/mol. The monoisotopic (exact) mass is 276 g/mol. The molecule has 0 spiro atoms. The quantitative estimate of drug-likeness (QED) is 0.762. The number of ketones is 1. The van der Waals surface area contributed by atoms with Gasteiger partial charge in [0, 0.05) is 12.0 Å². The minimum Gasteiger partial charge on any atom is -0.490 e. The highest BCUT2D eigenvalue weighted by Gasteiger charge is 2.23. The van der Waals surface area contributed by atoms with Crippen molar-refractivity contribution >= 4 is 17.5 Å². The highest BCUT2D eigenvalue weighted by Crippen LogP contribution is 2.28. The number of ether oxygens (including phenoxy) is 1. The minimum atomic E-state index is 0.287. The van der Waals surface area contributed by atoms with Gasteiger partial charge in [0.05, 0.1) is 6.10 Å². The molecule has 3 heteroatoms. The van der Waals surface area contributed by atoms with Crippen LogP contribution in [-0.4, -0.2) is 23.4 Å². The van der Waals surface area contributed by atoms with Gasteiger partial charge >= 0.3 is 0 Å². The van der Waals surface area contributed by atoms with Gasteiger partial charge in [-0.1, -0.05) is 0 Å². The number of carbonyl (C=O) groups excluding carboxylic acids is 1. The molecule has 1 aromatic carbocycles. The van der Waals surface area contributed by atoms with E-state index in [-0.39, 0.29) is 5.78 Å². The number of carbonyl (C=O) groups is 1. The number of hydrogen-bond acceptors (Lipinski definition) is 3. The summed E-state index contributed by atoms with van der Waals surface area (Å²) in [5, 5.41) is 0. The van der Waals surface area contributed by atoms with Gasteiger partial charge in [0.2, 0.25) is 0 Å². The molecule has 1 saturated heterocycles. The third kappa shape index (κ3) is 3.75. The Bertz CT molecular complexity index is 431. The van der Waals surface area contributed by atoms with Crippen molar-refractivity contribution in [2.45, 2.75) is 38.2 Å². The van der Waals surface area contributed by atoms with Crippen molar-refractivity contribution in [3.8, 4) is 5.75 Å². The van der Waals surface area contributed by atoms with E-state index in [1.165, 1.54) is 37.2 Å². The summed E-state index contributed by atoms with van der Waals surface area (Å²) in [6.07, 6.45) is 5.85. The van der Waals surface area contributed by atoms with Gasteiger partial charge in [0.25, 0.3) is 0 Å². The van der Waals surface area contributed by atoms with Gasteiger partial charge in [0.1, 0.15) is 5.75 Å². The summed E-state index contributed by atoms with van der Waals surface area (Å²) in [7, 11) is 0. The molecule has 102 valence electrons. The predicted molar refractivity (Wildman–Crippen MR) is 79.1 cm³/mol. The van der Waals surface area contributed by atoms with Crippen LogP contribution < -0.4 is 4.74 Å². The zero-order valence-corrected chi connectivity index (χ0v) is 12.0. The van der Waals surface area contributed by atoms with Crippen LogP contribution in [0.3, 0.4) is 0 Å². The number of benzene rings is 1. The maximum absolute atomic E-state index is 12.2. The van der Waals surface area contributed by atoms with Crippen molar-refractivity contribution in [3.05, 3.63) is 29.8 Å². The van der Waals surface area contributed by atoms with E-state index in [9.17, 15) is 4.79 Å². The molecule has 0 atom stereocenters. The van der Waals surface area contributed by atoms with Gasteiger partial charge in [-0.2, -0.15) is 11.8 Å². The molecule has 0 radical (unpaired) electrons. The van der Waals surface area contributed by atoms with Crippen LogP contribution in [0.15, 0.2) is 24.3 Å². The minimum absolute atomic E-state index is 0.287. The first-order chi connectivity index (χ1) is 9.31. The highest BCUT2D eigenvalue weighted by atomic mass is 32.2. The molecule has 2 aliphatic rings. The first-order valence-electron chi connectivity index (χ1n) is 7.19. The van der Waals surface area contributed by atoms with E-state index in [1.54, 1.807) is 0 Å². The summed E-state index contributed by atoms with van der Waals surface area (Å²) in [5.41, 5.74) is 0.835. The van der Waals surface area contributed by atoms with Gasteiger partial charge in [-0.05, 0) is 67.4 Å². The summed E-state index contributed by atoms with van der Waals surface area (Å²) in [5.74, 6) is 4.21. The molecule has 1 aliphatic heterocycles. The molecular formula is C16H20O2S. The molecule has 3 rings (SSSR count). The number of thioether (sulfide) groups is 1. The number of hydrogen-bond donors (Lipinski definition) is 0. The number of rotatable bonds is 5. The van der Waals surface area contributed by atoms with Crippen molar-refractivity contribution in [2.24, 2.45) is 5.92 Å². The molecule has 1 aliphatic carbocycles. The predicted octanol–water partition coefficient (Wildman–Crippen LogP) is 3.94.